The summed E-state index contributed by atoms with van der Waals surface area (Å²) in [5.74, 6) is -3.46. The van der Waals surface area contributed by atoms with Gasteiger partial charge >= 0.3 is 24.0 Å². The molecule has 0 aliphatic rings. The van der Waals surface area contributed by atoms with Crippen molar-refractivity contribution in [1.29, 1.82) is 0 Å². The van der Waals surface area contributed by atoms with E-state index in [1.807, 2.05) is 0 Å². The molecule has 66 valence electrons. The number of hydrogen-bond acceptors (Lipinski definition) is 4. The molecule has 0 saturated carbocycles. The minimum Gasteiger partial charge on any atom is -0.464 e. The number of amides is 4. The van der Waals surface area contributed by atoms with E-state index in [0.717, 1.165) is 0 Å². The number of carbonyl (C=O) groups excluding carboxylic acids is 2. The van der Waals surface area contributed by atoms with E-state index in [9.17, 15) is 19.2 Å². The molecule has 0 aliphatic carbocycles. The molecule has 0 bridgehead atoms. The maximum atomic E-state index is 10.4. The van der Waals surface area contributed by atoms with Gasteiger partial charge in [-0.25, -0.2) is 9.59 Å². The second-order valence-electron chi connectivity index (χ2n) is 1.57. The molecule has 0 saturated heterocycles. The van der Waals surface area contributed by atoms with E-state index in [4.69, 9.17) is 10.2 Å². The van der Waals surface area contributed by atoms with Gasteiger partial charge < -0.3 is 15.9 Å². The predicted molar refractivity (Wildman–Crippen MR) is 32.1 cm³/mol. The molecule has 0 aromatic carbocycles. The van der Waals surface area contributed by atoms with Crippen LogP contribution >= 0.6 is 0 Å². The summed E-state index contributed by atoms with van der Waals surface area (Å²) in [6.45, 7) is 0. The summed E-state index contributed by atoms with van der Waals surface area (Å²) in [6, 6.07) is 0. The van der Waals surface area contributed by atoms with Gasteiger partial charge in [0.15, 0.2) is 0 Å². The van der Waals surface area contributed by atoms with Crippen LogP contribution in [-0.4, -0.2) is 39.1 Å². The highest BCUT2D eigenvalue weighted by Crippen LogP contribution is 1.91. The summed E-state index contributed by atoms with van der Waals surface area (Å²) in [7, 11) is 0. The van der Waals surface area contributed by atoms with Crippen LogP contribution in [0.4, 0.5) is 9.59 Å². The molecule has 0 radical (unpaired) electrons. The molecule has 12 heavy (non-hydrogen) atoms. The highest BCUT2D eigenvalue weighted by atomic mass is 16.4. The fourth-order valence-corrected chi connectivity index (χ4v) is 0.366. The summed E-state index contributed by atoms with van der Waals surface area (Å²) >= 11 is 0. The third-order valence-corrected chi connectivity index (χ3v) is 0.796. The number of nitrogens with zero attached hydrogens (tertiary/aromatic N) is 1. The van der Waals surface area contributed by atoms with E-state index < -0.39 is 28.9 Å². The lowest BCUT2D eigenvalue weighted by molar-refractivity contribution is -0.141. The Hall–Kier alpha value is -2.12. The number of carbonyl (C=O) groups is 4. The van der Waals surface area contributed by atoms with Crippen LogP contribution in [0.3, 0.4) is 0 Å². The van der Waals surface area contributed by atoms with Crippen molar-refractivity contribution in [3.63, 3.8) is 0 Å². The standard InChI is InChI=1S/C4H4N2O6/c5-1(7)2(8)6(3(9)10)4(11)12/h(H2,5,7)(H,9,10)(H,11,12). The highest BCUT2D eigenvalue weighted by molar-refractivity contribution is 6.39. The summed E-state index contributed by atoms with van der Waals surface area (Å²) in [6.07, 6.45) is -4.15. The Kier molecular flexibility index (Phi) is 2.74. The van der Waals surface area contributed by atoms with Crippen LogP contribution in [0.15, 0.2) is 0 Å². The second-order valence-corrected chi connectivity index (χ2v) is 1.57. The van der Waals surface area contributed by atoms with Crippen LogP contribution in [0.25, 0.3) is 0 Å². The van der Waals surface area contributed by atoms with E-state index in [2.05, 4.69) is 5.73 Å². The van der Waals surface area contributed by atoms with Gasteiger partial charge in [-0.1, -0.05) is 0 Å². The van der Waals surface area contributed by atoms with E-state index in [0.29, 0.717) is 0 Å². The second kappa shape index (κ2) is 3.32. The molecule has 0 aliphatic heterocycles. The van der Waals surface area contributed by atoms with E-state index in [1.165, 1.54) is 0 Å². The molecule has 0 spiro atoms. The van der Waals surface area contributed by atoms with Crippen LogP contribution in [0.2, 0.25) is 0 Å². The Bertz CT molecular complexity index is 244. The van der Waals surface area contributed by atoms with Crippen LogP contribution in [0.5, 0.6) is 0 Å². The highest BCUT2D eigenvalue weighted by Gasteiger charge is 2.31. The molecule has 4 amide bonds. The minimum atomic E-state index is -2.08. The fourth-order valence-electron chi connectivity index (χ4n) is 0.366. The van der Waals surface area contributed by atoms with Crippen molar-refractivity contribution < 1.29 is 29.4 Å². The molecule has 0 heterocycles. The summed E-state index contributed by atoms with van der Waals surface area (Å²) in [5, 5.41) is 16.2. The van der Waals surface area contributed by atoms with E-state index in [-0.39, 0.29) is 0 Å². The lowest BCUT2D eigenvalue weighted by atomic mass is 10.5. The minimum absolute atomic E-state index is 0.706. The van der Waals surface area contributed by atoms with E-state index in [1.54, 1.807) is 0 Å². The molecule has 8 heteroatoms. The first kappa shape index (κ1) is 9.88. The molecule has 0 aromatic rings. The number of hydrogen-bond donors (Lipinski definition) is 3. The Morgan fingerprint density at radius 2 is 1.33 bits per heavy atom. The van der Waals surface area contributed by atoms with Gasteiger partial charge in [-0.2, -0.15) is 0 Å². The molecular weight excluding hydrogens is 172 g/mol. The van der Waals surface area contributed by atoms with Crippen LogP contribution in [-0.2, 0) is 9.59 Å². The zero-order chi connectivity index (χ0) is 9.89. The third kappa shape index (κ3) is 1.94. The van der Waals surface area contributed by atoms with Crippen molar-refractivity contribution in [2.24, 2.45) is 5.73 Å². The summed E-state index contributed by atoms with van der Waals surface area (Å²) in [4.78, 5) is 39.8. The van der Waals surface area contributed by atoms with Gasteiger partial charge in [-0.3, -0.25) is 9.59 Å². The van der Waals surface area contributed by atoms with Gasteiger partial charge in [0.2, 0.25) is 0 Å². The van der Waals surface area contributed by atoms with Crippen molar-refractivity contribution in [2.75, 3.05) is 0 Å². The smallest absolute Gasteiger partial charge is 0.424 e. The largest absolute Gasteiger partial charge is 0.464 e. The molecule has 8 nitrogen and oxygen atoms in total. The van der Waals surface area contributed by atoms with Crippen molar-refractivity contribution >= 4 is 24.0 Å². The van der Waals surface area contributed by atoms with Crippen LogP contribution in [0.1, 0.15) is 0 Å². The molecule has 0 rings (SSSR count). The molecule has 4 N–H and O–H groups in total. The number of rotatable bonds is 0. The Morgan fingerprint density at radius 1 is 1.00 bits per heavy atom. The van der Waals surface area contributed by atoms with Crippen molar-refractivity contribution in [3.8, 4) is 0 Å². The summed E-state index contributed by atoms with van der Waals surface area (Å²) < 4.78 is 0. The lowest BCUT2D eigenvalue weighted by Crippen LogP contribution is -2.46. The number of primary amides is 1. The molecule has 0 atom stereocenters. The van der Waals surface area contributed by atoms with Gasteiger partial charge in [0.25, 0.3) is 0 Å². The van der Waals surface area contributed by atoms with Gasteiger partial charge in [-0.15, -0.1) is 4.90 Å². The quantitative estimate of drug-likeness (QED) is 0.390. The van der Waals surface area contributed by atoms with E-state index >= 15 is 0 Å². The fraction of sp³-hybridized carbons (Fsp3) is 0. The van der Waals surface area contributed by atoms with Crippen molar-refractivity contribution in [1.82, 2.24) is 4.90 Å². The first-order valence-corrected chi connectivity index (χ1v) is 2.47. The molecule has 0 fully saturated rings. The zero-order valence-electron chi connectivity index (χ0n) is 5.55. The predicted octanol–water partition coefficient (Wildman–Crippen LogP) is -1.34. The van der Waals surface area contributed by atoms with Gasteiger partial charge in [0.05, 0.1) is 0 Å². The third-order valence-electron chi connectivity index (χ3n) is 0.796. The first-order chi connectivity index (χ1) is 5.37. The number of carboxylic acid groups (broad SMARTS) is 2. The van der Waals surface area contributed by atoms with Gasteiger partial charge in [0.1, 0.15) is 0 Å². The maximum absolute atomic E-state index is 10.4. The maximum Gasteiger partial charge on any atom is 0.424 e. The average Bonchev–Trinajstić information content (AvgIpc) is 1.85. The van der Waals surface area contributed by atoms with Crippen molar-refractivity contribution in [2.45, 2.75) is 0 Å². The van der Waals surface area contributed by atoms with Gasteiger partial charge in [0, 0.05) is 0 Å². The average molecular weight is 176 g/mol. The number of nitrogens with two attached hydrogens (primary N) is 1. The number of imide groups is 3. The monoisotopic (exact) mass is 176 g/mol. The SMILES string of the molecule is NC(=O)C(=O)N(C(=O)O)C(=O)O. The molecular formula is C4H4N2O6. The van der Waals surface area contributed by atoms with Crippen LogP contribution in [0, 0.1) is 0 Å². The Morgan fingerprint density at radius 3 is 1.42 bits per heavy atom. The normalized spacial score (nSPS) is 8.67. The lowest BCUT2D eigenvalue weighted by Gasteiger charge is -2.07. The van der Waals surface area contributed by atoms with Crippen LogP contribution < -0.4 is 5.73 Å². The topological polar surface area (TPSA) is 138 Å². The Balaban J connectivity index is 4.76. The zero-order valence-corrected chi connectivity index (χ0v) is 5.55. The van der Waals surface area contributed by atoms with Crippen molar-refractivity contribution in [3.05, 3.63) is 0 Å². The molecule has 0 aromatic heterocycles. The Labute approximate surface area is 65.2 Å². The first-order valence-electron chi connectivity index (χ1n) is 2.47. The van der Waals surface area contributed by atoms with Gasteiger partial charge in [-0.05, 0) is 0 Å². The summed E-state index contributed by atoms with van der Waals surface area (Å²) in [5.41, 5.74) is 4.36. The molecule has 0 unspecified atom stereocenters.